The van der Waals surface area contributed by atoms with E-state index in [0.29, 0.717) is 30.3 Å². The van der Waals surface area contributed by atoms with Gasteiger partial charge in [-0.05, 0) is 76.0 Å². The van der Waals surface area contributed by atoms with Gasteiger partial charge in [0.25, 0.3) is 11.8 Å². The zero-order chi connectivity index (χ0) is 38.1. The van der Waals surface area contributed by atoms with Crippen molar-refractivity contribution in [3.05, 3.63) is 35.5 Å². The number of carbonyl (C=O) groups excluding carboxylic acids is 6. The second-order valence-electron chi connectivity index (χ2n) is 14.3. The first-order valence-corrected chi connectivity index (χ1v) is 18.7. The quantitative estimate of drug-likeness (QED) is 0.274. The molecule has 1 aliphatic carbocycles. The van der Waals surface area contributed by atoms with Gasteiger partial charge >= 0.3 is 12.1 Å². The van der Waals surface area contributed by atoms with Crippen LogP contribution in [0.4, 0.5) is 4.79 Å². The summed E-state index contributed by atoms with van der Waals surface area (Å²) in [5.41, 5.74) is 1.29. The maximum atomic E-state index is 13.9. The minimum Gasteiger partial charge on any atom is -0.483 e. The number of pyridine rings is 1. The van der Waals surface area contributed by atoms with Crippen molar-refractivity contribution in [2.24, 2.45) is 5.92 Å². The Morgan fingerprint density at radius 1 is 0.925 bits per heavy atom. The van der Waals surface area contributed by atoms with Crippen LogP contribution in [0.3, 0.4) is 0 Å². The molecule has 15 heteroatoms. The highest BCUT2D eigenvalue weighted by Crippen LogP contribution is 2.28. The Labute approximate surface area is 310 Å². The highest BCUT2D eigenvalue weighted by molar-refractivity contribution is 5.99. The van der Waals surface area contributed by atoms with Gasteiger partial charge in [0.1, 0.15) is 23.5 Å². The van der Waals surface area contributed by atoms with E-state index in [1.807, 2.05) is 26.8 Å². The third kappa shape index (κ3) is 10.4. The first-order valence-electron chi connectivity index (χ1n) is 18.7. The lowest BCUT2D eigenvalue weighted by Gasteiger charge is -2.36. The maximum Gasteiger partial charge on any atom is 0.409 e. The Balaban J connectivity index is 1.31. The lowest BCUT2D eigenvalue weighted by Crippen LogP contribution is -2.56. The summed E-state index contributed by atoms with van der Waals surface area (Å²) in [7, 11) is 0. The van der Waals surface area contributed by atoms with Crippen LogP contribution in [0.25, 0.3) is 10.9 Å². The molecule has 1 aromatic carbocycles. The molecule has 5 rings (SSSR count). The Morgan fingerprint density at radius 2 is 1.66 bits per heavy atom. The lowest BCUT2D eigenvalue weighted by atomic mass is 9.93. The molecule has 2 saturated heterocycles. The maximum absolute atomic E-state index is 13.9. The number of nitrogens with zero attached hydrogens (tertiary/aromatic N) is 4. The number of ether oxygens (including phenoxy) is 3. The van der Waals surface area contributed by atoms with Crippen LogP contribution in [0, 0.1) is 12.8 Å². The van der Waals surface area contributed by atoms with Crippen molar-refractivity contribution in [2.45, 2.75) is 90.8 Å². The molecule has 288 valence electrons. The number of hydrogen-bond donors (Lipinski definition) is 2. The first-order chi connectivity index (χ1) is 25.4. The second kappa shape index (κ2) is 18.2. The number of fused-ring (bicyclic) bond motifs is 1. The van der Waals surface area contributed by atoms with Crippen molar-refractivity contribution in [1.29, 1.82) is 0 Å². The van der Waals surface area contributed by atoms with E-state index >= 15 is 0 Å². The smallest absolute Gasteiger partial charge is 0.409 e. The van der Waals surface area contributed by atoms with E-state index in [-0.39, 0.29) is 94.1 Å². The largest absolute Gasteiger partial charge is 0.483 e. The normalized spacial score (nSPS) is 18.0. The SMILES string of the molecule is CCOC(=O)N1CCN(C(=O)[C@H](CCC(=O)OCC(C)C)NC(=O)c2cc(OCC(=O)N3CCC[C@H]3C(=O)NC3CCC3)c3ccc(C)cc3n2)CC1. The van der Waals surface area contributed by atoms with Gasteiger partial charge in [-0.15, -0.1) is 0 Å². The lowest BCUT2D eigenvalue weighted by molar-refractivity contribution is -0.145. The Morgan fingerprint density at radius 3 is 2.34 bits per heavy atom. The van der Waals surface area contributed by atoms with Crippen molar-refractivity contribution in [3.8, 4) is 5.75 Å². The van der Waals surface area contributed by atoms with E-state index in [0.717, 1.165) is 24.8 Å². The van der Waals surface area contributed by atoms with Crippen LogP contribution >= 0.6 is 0 Å². The number of amides is 5. The Hall–Kier alpha value is -4.95. The van der Waals surface area contributed by atoms with Crippen LogP contribution in [0.15, 0.2) is 24.3 Å². The average Bonchev–Trinajstić information content (AvgIpc) is 3.63. The van der Waals surface area contributed by atoms with E-state index in [1.54, 1.807) is 28.9 Å². The summed E-state index contributed by atoms with van der Waals surface area (Å²) in [6.07, 6.45) is 3.71. The van der Waals surface area contributed by atoms with Gasteiger partial charge in [0.05, 0.1) is 18.7 Å². The number of hydrogen-bond acceptors (Lipinski definition) is 10. The van der Waals surface area contributed by atoms with E-state index in [1.165, 1.54) is 11.0 Å². The van der Waals surface area contributed by atoms with Gasteiger partial charge < -0.3 is 39.5 Å². The molecule has 2 aromatic rings. The van der Waals surface area contributed by atoms with Gasteiger partial charge in [-0.25, -0.2) is 9.78 Å². The van der Waals surface area contributed by atoms with Crippen molar-refractivity contribution in [3.63, 3.8) is 0 Å². The number of carbonyl (C=O) groups is 6. The number of likely N-dealkylation sites (tertiary alicyclic amines) is 1. The monoisotopic (exact) mass is 736 g/mol. The molecule has 5 amide bonds. The minimum absolute atomic E-state index is 0.0184. The summed E-state index contributed by atoms with van der Waals surface area (Å²) in [5, 5.41) is 6.42. The fraction of sp³-hybridized carbons (Fsp3) is 0.605. The molecular weight excluding hydrogens is 684 g/mol. The molecule has 0 bridgehead atoms. The van der Waals surface area contributed by atoms with Gasteiger partial charge in [-0.3, -0.25) is 24.0 Å². The van der Waals surface area contributed by atoms with Gasteiger partial charge in [0, 0.05) is 56.6 Å². The molecule has 0 radical (unpaired) electrons. The molecule has 3 aliphatic rings. The minimum atomic E-state index is -1.10. The molecule has 53 heavy (non-hydrogen) atoms. The molecule has 15 nitrogen and oxygen atoms in total. The van der Waals surface area contributed by atoms with Crippen LogP contribution in [0.1, 0.15) is 81.8 Å². The zero-order valence-electron chi connectivity index (χ0n) is 31.2. The number of piperazine rings is 1. The topological polar surface area (TPSA) is 177 Å². The Bertz CT molecular complexity index is 1670. The molecule has 2 atom stereocenters. The van der Waals surface area contributed by atoms with Crippen LogP contribution in [-0.4, -0.2) is 126 Å². The summed E-state index contributed by atoms with van der Waals surface area (Å²) >= 11 is 0. The highest BCUT2D eigenvalue weighted by Gasteiger charge is 2.36. The van der Waals surface area contributed by atoms with Gasteiger partial charge in [-0.2, -0.15) is 0 Å². The number of aryl methyl sites for hydroxylation is 1. The number of rotatable bonds is 14. The van der Waals surface area contributed by atoms with Crippen LogP contribution in [-0.2, 0) is 28.7 Å². The predicted molar refractivity (Wildman–Crippen MR) is 194 cm³/mol. The summed E-state index contributed by atoms with van der Waals surface area (Å²) < 4.78 is 16.5. The van der Waals surface area contributed by atoms with Gasteiger partial charge in [-0.1, -0.05) is 19.9 Å². The highest BCUT2D eigenvalue weighted by atomic mass is 16.6. The van der Waals surface area contributed by atoms with Crippen molar-refractivity contribution < 1.29 is 43.0 Å². The van der Waals surface area contributed by atoms with Crippen LogP contribution in [0.2, 0.25) is 0 Å². The molecule has 2 aliphatic heterocycles. The summed E-state index contributed by atoms with van der Waals surface area (Å²) in [6, 6.07) is 5.42. The second-order valence-corrected chi connectivity index (χ2v) is 14.3. The van der Waals surface area contributed by atoms with Crippen LogP contribution in [0.5, 0.6) is 5.75 Å². The number of aromatic nitrogens is 1. The van der Waals surface area contributed by atoms with Gasteiger partial charge in [0.15, 0.2) is 6.61 Å². The van der Waals surface area contributed by atoms with E-state index in [2.05, 4.69) is 15.6 Å². The first kappa shape index (κ1) is 39.3. The summed E-state index contributed by atoms with van der Waals surface area (Å²) in [6.45, 7) is 8.98. The molecule has 1 aromatic heterocycles. The predicted octanol–water partition coefficient (Wildman–Crippen LogP) is 2.96. The van der Waals surface area contributed by atoms with Crippen LogP contribution < -0.4 is 15.4 Å². The number of esters is 1. The molecular formula is C38H52N6O9. The third-order valence-corrected chi connectivity index (χ3v) is 9.77. The van der Waals surface area contributed by atoms with Crippen molar-refractivity contribution in [2.75, 3.05) is 52.5 Å². The molecule has 1 saturated carbocycles. The summed E-state index contributed by atoms with van der Waals surface area (Å²) in [5.74, 6) is -1.65. The molecule has 3 heterocycles. The number of benzene rings is 1. The van der Waals surface area contributed by atoms with E-state index in [4.69, 9.17) is 14.2 Å². The van der Waals surface area contributed by atoms with Crippen molar-refractivity contribution in [1.82, 2.24) is 30.3 Å². The van der Waals surface area contributed by atoms with E-state index in [9.17, 15) is 28.8 Å². The molecule has 0 unspecified atom stereocenters. The fourth-order valence-corrected chi connectivity index (χ4v) is 6.58. The van der Waals surface area contributed by atoms with Crippen molar-refractivity contribution >= 4 is 46.6 Å². The molecule has 2 N–H and O–H groups in total. The molecule has 3 fully saturated rings. The number of nitrogens with one attached hydrogen (secondary N) is 2. The average molecular weight is 737 g/mol. The summed E-state index contributed by atoms with van der Waals surface area (Å²) in [4.78, 5) is 88.0. The zero-order valence-corrected chi connectivity index (χ0v) is 31.2. The van der Waals surface area contributed by atoms with Gasteiger partial charge in [0.2, 0.25) is 11.8 Å². The van der Waals surface area contributed by atoms with E-state index < -0.39 is 36.0 Å². The fourth-order valence-electron chi connectivity index (χ4n) is 6.58. The Kier molecular flexibility index (Phi) is 13.5. The molecule has 0 spiro atoms. The standard InChI is InChI=1S/C38H52N6O9/c1-5-51-38(50)43-18-16-42(17-19-43)37(49)28(13-14-34(46)53-22-24(2)3)41-35(47)30-21-32(27-12-11-25(4)20-29(27)40-30)52-23-33(45)44-15-7-10-31(44)36(48)39-26-8-6-9-26/h11-12,20-21,24,26,28,31H,5-10,13-19,22-23H2,1-4H3,(H,39,48)(H,41,47)/t28-,31-/m0/s1. The third-order valence-electron chi connectivity index (χ3n) is 9.77.